The van der Waals surface area contributed by atoms with Crippen molar-refractivity contribution in [2.45, 2.75) is 31.2 Å². The number of benzene rings is 1. The maximum atomic E-state index is 12.2. The molecule has 6 nitrogen and oxygen atoms in total. The van der Waals surface area contributed by atoms with Crippen LogP contribution >= 0.6 is 0 Å². The van der Waals surface area contributed by atoms with Crippen LogP contribution in [0.2, 0.25) is 0 Å². The van der Waals surface area contributed by atoms with E-state index < -0.39 is 9.84 Å². The number of nitrogens with two attached hydrogens (primary N) is 1. The van der Waals surface area contributed by atoms with E-state index in [-0.39, 0.29) is 22.5 Å². The van der Waals surface area contributed by atoms with Crippen molar-refractivity contribution in [3.05, 3.63) is 29.8 Å². The first-order chi connectivity index (χ1) is 9.40. The Kier molecular flexibility index (Phi) is 5.97. The summed E-state index contributed by atoms with van der Waals surface area (Å²) in [6.07, 6.45) is 0.943. The van der Waals surface area contributed by atoms with E-state index in [4.69, 9.17) is 10.9 Å². The molecule has 0 saturated heterocycles. The van der Waals surface area contributed by atoms with Gasteiger partial charge in [-0.2, -0.15) is 0 Å². The quantitative estimate of drug-likeness (QED) is 0.301. The number of hydrogen-bond acceptors (Lipinski definition) is 5. The van der Waals surface area contributed by atoms with Gasteiger partial charge < -0.3 is 16.3 Å². The van der Waals surface area contributed by atoms with Crippen LogP contribution in [0.15, 0.2) is 34.3 Å². The number of sulfone groups is 1. The molecule has 4 N–H and O–H groups in total. The van der Waals surface area contributed by atoms with Crippen LogP contribution in [0.1, 0.15) is 25.8 Å². The molecular weight excluding hydrogens is 278 g/mol. The molecule has 0 aromatic heterocycles. The highest BCUT2D eigenvalue weighted by Crippen LogP contribution is 2.13. The third-order valence-electron chi connectivity index (χ3n) is 3.07. The Balaban J connectivity index is 2.82. The summed E-state index contributed by atoms with van der Waals surface area (Å²) in [7, 11) is -3.38. The first-order valence-corrected chi connectivity index (χ1v) is 8.10. The Morgan fingerprint density at radius 3 is 2.80 bits per heavy atom. The molecule has 7 heteroatoms. The molecule has 0 spiro atoms. The fourth-order valence-electron chi connectivity index (χ4n) is 1.61. The molecule has 1 aromatic carbocycles. The van der Waals surface area contributed by atoms with Crippen LogP contribution in [0.25, 0.3) is 0 Å². The van der Waals surface area contributed by atoms with Crippen molar-refractivity contribution in [2.75, 3.05) is 12.3 Å². The maximum absolute atomic E-state index is 12.2. The van der Waals surface area contributed by atoms with Crippen LogP contribution in [0.3, 0.4) is 0 Å². The standard InChI is InChI=1S/C13H21N3O3S/c1-3-10(2)15-7-8-20(18,19)12-6-4-5-11(9-12)13(14)16-17/h4-6,9-10,15,17H,3,7-8H2,1-2H3,(H2,14,16). The summed E-state index contributed by atoms with van der Waals surface area (Å²) in [4.78, 5) is 0.174. The smallest absolute Gasteiger partial charge is 0.179 e. The van der Waals surface area contributed by atoms with Crippen LogP contribution in [-0.2, 0) is 9.84 Å². The van der Waals surface area contributed by atoms with E-state index in [1.807, 2.05) is 13.8 Å². The number of oxime groups is 1. The molecule has 0 radical (unpaired) electrons. The zero-order valence-electron chi connectivity index (χ0n) is 11.7. The largest absolute Gasteiger partial charge is 0.409 e. The van der Waals surface area contributed by atoms with Crippen molar-refractivity contribution in [3.8, 4) is 0 Å². The van der Waals surface area contributed by atoms with E-state index in [9.17, 15) is 8.42 Å². The highest BCUT2D eigenvalue weighted by molar-refractivity contribution is 7.91. The second-order valence-corrected chi connectivity index (χ2v) is 6.70. The van der Waals surface area contributed by atoms with Crippen molar-refractivity contribution in [2.24, 2.45) is 10.9 Å². The average molecular weight is 299 g/mol. The molecule has 20 heavy (non-hydrogen) atoms. The van der Waals surface area contributed by atoms with Crippen LogP contribution in [0.5, 0.6) is 0 Å². The van der Waals surface area contributed by atoms with Gasteiger partial charge in [-0.15, -0.1) is 0 Å². The minimum Gasteiger partial charge on any atom is -0.409 e. The fourth-order valence-corrected chi connectivity index (χ4v) is 2.82. The first kappa shape index (κ1) is 16.5. The van der Waals surface area contributed by atoms with Crippen molar-refractivity contribution in [1.82, 2.24) is 5.32 Å². The van der Waals surface area contributed by atoms with Gasteiger partial charge in [0.2, 0.25) is 0 Å². The molecular formula is C13H21N3O3S. The predicted molar refractivity (Wildman–Crippen MR) is 78.8 cm³/mol. The summed E-state index contributed by atoms with van der Waals surface area (Å²) in [5.41, 5.74) is 5.84. The molecule has 0 aliphatic rings. The predicted octanol–water partition coefficient (Wildman–Crippen LogP) is 0.943. The topological polar surface area (TPSA) is 105 Å². The van der Waals surface area contributed by atoms with Crippen molar-refractivity contribution in [3.63, 3.8) is 0 Å². The molecule has 0 aliphatic carbocycles. The summed E-state index contributed by atoms with van der Waals surface area (Å²) in [5, 5.41) is 14.6. The van der Waals surface area contributed by atoms with E-state index in [2.05, 4.69) is 10.5 Å². The molecule has 1 unspecified atom stereocenters. The number of rotatable bonds is 7. The Labute approximate surface area is 119 Å². The second-order valence-electron chi connectivity index (χ2n) is 4.60. The van der Waals surface area contributed by atoms with E-state index >= 15 is 0 Å². The zero-order valence-corrected chi connectivity index (χ0v) is 12.5. The highest BCUT2D eigenvalue weighted by atomic mass is 32.2. The lowest BCUT2D eigenvalue weighted by atomic mass is 10.2. The summed E-state index contributed by atoms with van der Waals surface area (Å²) in [5.74, 6) is -0.100. The fraction of sp³-hybridized carbons (Fsp3) is 0.462. The van der Waals surface area contributed by atoms with Gasteiger partial charge in [-0.25, -0.2) is 8.42 Å². The van der Waals surface area contributed by atoms with E-state index in [0.29, 0.717) is 12.1 Å². The van der Waals surface area contributed by atoms with Crippen molar-refractivity contribution in [1.29, 1.82) is 0 Å². The number of hydrogen-bond donors (Lipinski definition) is 3. The second kappa shape index (κ2) is 7.25. The van der Waals surface area contributed by atoms with Gasteiger partial charge in [-0.3, -0.25) is 0 Å². The van der Waals surface area contributed by atoms with Crippen LogP contribution in [-0.4, -0.2) is 37.8 Å². The molecule has 1 atom stereocenters. The molecule has 0 amide bonds. The van der Waals surface area contributed by atoms with Crippen LogP contribution in [0.4, 0.5) is 0 Å². The molecule has 0 aliphatic heterocycles. The molecule has 1 aromatic rings. The van der Waals surface area contributed by atoms with Crippen molar-refractivity contribution >= 4 is 15.7 Å². The van der Waals surface area contributed by atoms with Gasteiger partial charge in [-0.05, 0) is 25.5 Å². The third-order valence-corrected chi connectivity index (χ3v) is 4.79. The number of nitrogens with zero attached hydrogens (tertiary/aromatic N) is 1. The summed E-state index contributed by atoms with van der Waals surface area (Å²) >= 11 is 0. The molecule has 0 fully saturated rings. The monoisotopic (exact) mass is 299 g/mol. The lowest BCUT2D eigenvalue weighted by Gasteiger charge is -2.11. The highest BCUT2D eigenvalue weighted by Gasteiger charge is 2.15. The Bertz CT molecular complexity index is 570. The zero-order chi connectivity index (χ0) is 15.2. The van der Waals surface area contributed by atoms with E-state index in [0.717, 1.165) is 6.42 Å². The van der Waals surface area contributed by atoms with Gasteiger partial charge >= 0.3 is 0 Å². The van der Waals surface area contributed by atoms with Gasteiger partial charge in [0.15, 0.2) is 15.7 Å². The van der Waals surface area contributed by atoms with Gasteiger partial charge in [0.05, 0.1) is 10.6 Å². The summed E-state index contributed by atoms with van der Waals surface area (Å²) in [6, 6.07) is 6.36. The van der Waals surface area contributed by atoms with Crippen LogP contribution < -0.4 is 11.1 Å². The number of amidine groups is 1. The van der Waals surface area contributed by atoms with E-state index in [1.54, 1.807) is 12.1 Å². The maximum Gasteiger partial charge on any atom is 0.179 e. The molecule has 112 valence electrons. The van der Waals surface area contributed by atoms with Gasteiger partial charge in [-0.1, -0.05) is 24.2 Å². The minimum atomic E-state index is -3.38. The first-order valence-electron chi connectivity index (χ1n) is 6.44. The average Bonchev–Trinajstić information content (AvgIpc) is 2.46. The molecule has 0 saturated carbocycles. The van der Waals surface area contributed by atoms with Crippen molar-refractivity contribution < 1.29 is 13.6 Å². The molecule has 0 bridgehead atoms. The Morgan fingerprint density at radius 1 is 1.50 bits per heavy atom. The Hall–Kier alpha value is -1.60. The van der Waals surface area contributed by atoms with Gasteiger partial charge in [0, 0.05) is 18.2 Å². The lowest BCUT2D eigenvalue weighted by molar-refractivity contribution is 0.318. The number of nitrogens with one attached hydrogen (secondary N) is 1. The SMILES string of the molecule is CCC(C)NCCS(=O)(=O)c1cccc(/C(N)=N/O)c1. The van der Waals surface area contributed by atoms with Gasteiger partial charge in [0.1, 0.15) is 0 Å². The lowest BCUT2D eigenvalue weighted by Crippen LogP contribution is -2.30. The Morgan fingerprint density at radius 2 is 2.20 bits per heavy atom. The summed E-state index contributed by atoms with van der Waals surface area (Å²) < 4.78 is 24.4. The normalized spacial score (nSPS) is 14.2. The third kappa shape index (κ3) is 4.50. The molecule has 1 rings (SSSR count). The van der Waals surface area contributed by atoms with Gasteiger partial charge in [0.25, 0.3) is 0 Å². The van der Waals surface area contributed by atoms with Crippen LogP contribution in [0, 0.1) is 0 Å². The summed E-state index contributed by atoms with van der Waals surface area (Å²) in [6.45, 7) is 4.43. The molecule has 0 heterocycles. The van der Waals surface area contributed by atoms with E-state index in [1.165, 1.54) is 12.1 Å². The minimum absolute atomic E-state index is 0.0109.